The van der Waals surface area contributed by atoms with E-state index >= 15 is 0 Å². The van der Waals surface area contributed by atoms with E-state index in [2.05, 4.69) is 25.7 Å². The van der Waals surface area contributed by atoms with E-state index in [0.717, 1.165) is 19.6 Å². The van der Waals surface area contributed by atoms with Crippen molar-refractivity contribution in [1.29, 1.82) is 0 Å². The van der Waals surface area contributed by atoms with Crippen molar-refractivity contribution in [2.75, 3.05) is 26.2 Å². The number of hydrogen-bond donors (Lipinski definition) is 0. The van der Waals surface area contributed by atoms with Crippen molar-refractivity contribution < 1.29 is 9.53 Å². The molecule has 17 heavy (non-hydrogen) atoms. The van der Waals surface area contributed by atoms with Gasteiger partial charge in [0.1, 0.15) is 0 Å². The van der Waals surface area contributed by atoms with Gasteiger partial charge in [-0.15, -0.1) is 0 Å². The Hall–Kier alpha value is -0.770. The molecule has 1 rings (SSSR count). The van der Waals surface area contributed by atoms with Crippen LogP contribution in [-0.4, -0.2) is 54.2 Å². The van der Waals surface area contributed by atoms with Crippen LogP contribution in [0.4, 0.5) is 4.79 Å². The van der Waals surface area contributed by atoms with E-state index in [4.69, 9.17) is 4.74 Å². The highest BCUT2D eigenvalue weighted by molar-refractivity contribution is 5.67. The summed E-state index contributed by atoms with van der Waals surface area (Å²) >= 11 is 0. The Morgan fingerprint density at radius 2 is 1.82 bits per heavy atom. The molecule has 0 aromatic carbocycles. The molecule has 0 aliphatic carbocycles. The Balaban J connectivity index is 2.51. The zero-order valence-corrected chi connectivity index (χ0v) is 11.6. The first-order valence-electron chi connectivity index (χ1n) is 6.77. The molecule has 1 aliphatic heterocycles. The van der Waals surface area contributed by atoms with Gasteiger partial charge in [-0.25, -0.2) is 4.79 Å². The minimum absolute atomic E-state index is 0.165. The first-order valence-corrected chi connectivity index (χ1v) is 6.77. The Bertz CT molecular complexity index is 234. The number of carbonyl (C=O) groups excluding carboxylic acids is 1. The second kappa shape index (κ2) is 6.84. The minimum atomic E-state index is -0.165. The molecule has 1 heterocycles. The molecule has 4 heteroatoms. The molecule has 0 spiro atoms. The SMILES string of the molecule is CCCCN1[C@H](C)CN(C(=O)OCC)C[C@@H]1C. The molecule has 4 nitrogen and oxygen atoms in total. The van der Waals surface area contributed by atoms with Crippen LogP contribution in [0.3, 0.4) is 0 Å². The summed E-state index contributed by atoms with van der Waals surface area (Å²) in [6, 6.07) is 0.851. The summed E-state index contributed by atoms with van der Waals surface area (Å²) < 4.78 is 5.06. The average molecular weight is 242 g/mol. The highest BCUT2D eigenvalue weighted by atomic mass is 16.6. The molecule has 0 bridgehead atoms. The lowest BCUT2D eigenvalue weighted by Crippen LogP contribution is -2.58. The van der Waals surface area contributed by atoms with Crippen molar-refractivity contribution in [2.45, 2.75) is 52.6 Å². The van der Waals surface area contributed by atoms with Crippen LogP contribution in [0, 0.1) is 0 Å². The fourth-order valence-corrected chi connectivity index (χ4v) is 2.50. The zero-order valence-electron chi connectivity index (χ0n) is 11.6. The lowest BCUT2D eigenvalue weighted by atomic mass is 10.1. The van der Waals surface area contributed by atoms with Crippen LogP contribution in [0.2, 0.25) is 0 Å². The number of unbranched alkanes of at least 4 members (excludes halogenated alkanes) is 1. The molecule has 0 radical (unpaired) electrons. The molecular weight excluding hydrogens is 216 g/mol. The van der Waals surface area contributed by atoms with E-state index in [9.17, 15) is 4.79 Å². The maximum Gasteiger partial charge on any atom is 0.409 e. The largest absolute Gasteiger partial charge is 0.450 e. The Kier molecular flexibility index (Phi) is 5.75. The van der Waals surface area contributed by atoms with E-state index in [1.165, 1.54) is 12.8 Å². The Morgan fingerprint density at radius 1 is 1.24 bits per heavy atom. The number of nitrogens with zero attached hydrogens (tertiary/aromatic N) is 2. The molecule has 0 aromatic heterocycles. The van der Waals surface area contributed by atoms with Gasteiger partial charge in [0.25, 0.3) is 0 Å². The molecule has 100 valence electrons. The quantitative estimate of drug-likeness (QED) is 0.758. The van der Waals surface area contributed by atoms with Gasteiger partial charge < -0.3 is 9.64 Å². The van der Waals surface area contributed by atoms with Crippen LogP contribution >= 0.6 is 0 Å². The van der Waals surface area contributed by atoms with Crippen LogP contribution in [0.1, 0.15) is 40.5 Å². The fraction of sp³-hybridized carbons (Fsp3) is 0.923. The molecular formula is C13H26N2O2. The van der Waals surface area contributed by atoms with Crippen molar-refractivity contribution >= 4 is 6.09 Å². The summed E-state index contributed by atoms with van der Waals surface area (Å²) in [4.78, 5) is 16.0. The van der Waals surface area contributed by atoms with Gasteiger partial charge in [0.2, 0.25) is 0 Å². The van der Waals surface area contributed by atoms with Crippen molar-refractivity contribution in [1.82, 2.24) is 9.80 Å². The Morgan fingerprint density at radius 3 is 2.29 bits per heavy atom. The van der Waals surface area contributed by atoms with E-state index in [1.807, 2.05) is 11.8 Å². The second-order valence-electron chi connectivity index (χ2n) is 4.89. The number of piperazine rings is 1. The van der Waals surface area contributed by atoms with Crippen LogP contribution in [0.25, 0.3) is 0 Å². The van der Waals surface area contributed by atoms with E-state index in [1.54, 1.807) is 0 Å². The summed E-state index contributed by atoms with van der Waals surface area (Å²) in [5.41, 5.74) is 0. The third-order valence-electron chi connectivity index (χ3n) is 3.40. The van der Waals surface area contributed by atoms with Crippen molar-refractivity contribution in [2.24, 2.45) is 0 Å². The lowest BCUT2D eigenvalue weighted by Gasteiger charge is -2.43. The van der Waals surface area contributed by atoms with Gasteiger partial charge in [-0.05, 0) is 33.7 Å². The van der Waals surface area contributed by atoms with Gasteiger partial charge in [-0.3, -0.25) is 4.90 Å². The first-order chi connectivity index (χ1) is 8.10. The normalized spacial score (nSPS) is 26.0. The van der Waals surface area contributed by atoms with Gasteiger partial charge in [-0.1, -0.05) is 13.3 Å². The molecule has 0 saturated carbocycles. The maximum absolute atomic E-state index is 11.7. The zero-order chi connectivity index (χ0) is 12.8. The maximum atomic E-state index is 11.7. The fourth-order valence-electron chi connectivity index (χ4n) is 2.50. The van der Waals surface area contributed by atoms with Crippen molar-refractivity contribution in [3.8, 4) is 0 Å². The third kappa shape index (κ3) is 3.87. The first kappa shape index (κ1) is 14.3. The number of hydrogen-bond acceptors (Lipinski definition) is 3. The Labute approximate surface area is 105 Å². The number of rotatable bonds is 4. The molecule has 1 amide bonds. The molecule has 1 aliphatic rings. The highest BCUT2D eigenvalue weighted by Gasteiger charge is 2.31. The summed E-state index contributed by atoms with van der Waals surface area (Å²) in [5, 5.41) is 0. The van der Waals surface area contributed by atoms with Crippen molar-refractivity contribution in [3.05, 3.63) is 0 Å². The summed E-state index contributed by atoms with van der Waals surface area (Å²) in [7, 11) is 0. The molecule has 1 fully saturated rings. The summed E-state index contributed by atoms with van der Waals surface area (Å²) in [6.07, 6.45) is 2.28. The minimum Gasteiger partial charge on any atom is -0.450 e. The van der Waals surface area contributed by atoms with Gasteiger partial charge in [-0.2, -0.15) is 0 Å². The molecule has 1 saturated heterocycles. The highest BCUT2D eigenvalue weighted by Crippen LogP contribution is 2.17. The van der Waals surface area contributed by atoms with Crippen LogP contribution in [0.5, 0.6) is 0 Å². The smallest absolute Gasteiger partial charge is 0.409 e. The number of amides is 1. The van der Waals surface area contributed by atoms with Gasteiger partial charge >= 0.3 is 6.09 Å². The predicted molar refractivity (Wildman–Crippen MR) is 69.1 cm³/mol. The summed E-state index contributed by atoms with van der Waals surface area (Å²) in [6.45, 7) is 11.6. The van der Waals surface area contributed by atoms with Crippen molar-refractivity contribution in [3.63, 3.8) is 0 Å². The number of carbonyl (C=O) groups is 1. The second-order valence-corrected chi connectivity index (χ2v) is 4.89. The van der Waals surface area contributed by atoms with Gasteiger partial charge in [0.15, 0.2) is 0 Å². The standard InChI is InChI=1S/C13H26N2O2/c1-5-7-8-15-11(3)9-14(10-12(15)4)13(16)17-6-2/h11-12H,5-10H2,1-4H3/t11-,12+. The predicted octanol–water partition coefficient (Wildman–Crippen LogP) is 2.34. The monoisotopic (exact) mass is 242 g/mol. The molecule has 2 atom stereocenters. The lowest BCUT2D eigenvalue weighted by molar-refractivity contribution is 0.0283. The molecule has 0 N–H and O–H groups in total. The topological polar surface area (TPSA) is 32.8 Å². The van der Waals surface area contributed by atoms with Gasteiger partial charge in [0.05, 0.1) is 6.61 Å². The van der Waals surface area contributed by atoms with E-state index in [-0.39, 0.29) is 6.09 Å². The van der Waals surface area contributed by atoms with Gasteiger partial charge in [0, 0.05) is 25.2 Å². The molecule has 0 aromatic rings. The average Bonchev–Trinajstić information content (AvgIpc) is 2.28. The number of ether oxygens (including phenoxy) is 1. The van der Waals surface area contributed by atoms with Crippen LogP contribution in [0.15, 0.2) is 0 Å². The third-order valence-corrected chi connectivity index (χ3v) is 3.40. The van der Waals surface area contributed by atoms with E-state index < -0.39 is 0 Å². The van der Waals surface area contributed by atoms with Crippen LogP contribution < -0.4 is 0 Å². The van der Waals surface area contributed by atoms with Crippen LogP contribution in [-0.2, 0) is 4.74 Å². The summed E-state index contributed by atoms with van der Waals surface area (Å²) in [5.74, 6) is 0. The molecule has 0 unspecified atom stereocenters. The van der Waals surface area contributed by atoms with E-state index in [0.29, 0.717) is 18.7 Å².